The molecule has 140 valence electrons. The van der Waals surface area contributed by atoms with E-state index >= 15 is 0 Å². The number of amides is 1. The van der Waals surface area contributed by atoms with E-state index in [0.717, 1.165) is 10.0 Å². The maximum Gasteiger partial charge on any atom is 0.271 e. The molecule has 2 heterocycles. The van der Waals surface area contributed by atoms with E-state index in [1.807, 2.05) is 30.5 Å². The fourth-order valence-electron chi connectivity index (χ4n) is 2.66. The molecule has 0 aliphatic rings. The summed E-state index contributed by atoms with van der Waals surface area (Å²) in [4.78, 5) is 16.7. The van der Waals surface area contributed by atoms with Gasteiger partial charge in [0.05, 0.1) is 0 Å². The summed E-state index contributed by atoms with van der Waals surface area (Å²) in [5.41, 5.74) is 1.98. The first-order valence-electron chi connectivity index (χ1n) is 8.52. The van der Waals surface area contributed by atoms with Crippen molar-refractivity contribution in [3.63, 3.8) is 0 Å². The van der Waals surface area contributed by atoms with E-state index in [-0.39, 0.29) is 11.7 Å². The Bertz CT molecular complexity index is 1120. The number of fused-ring (bicyclic) bond motifs is 1. The Morgan fingerprint density at radius 1 is 1.00 bits per heavy atom. The van der Waals surface area contributed by atoms with E-state index in [9.17, 15) is 9.18 Å². The number of nitrogens with zero attached hydrogens (tertiary/aromatic N) is 2. The smallest absolute Gasteiger partial charge is 0.271 e. The molecule has 1 N–H and O–H groups in total. The summed E-state index contributed by atoms with van der Waals surface area (Å²) in [7, 11) is 0. The van der Waals surface area contributed by atoms with Crippen LogP contribution in [0.2, 0.25) is 0 Å². The zero-order valence-electron chi connectivity index (χ0n) is 14.6. The standard InChI is InChI=1S/C21H15BrFN3O2/c22-15-3-10-20-25-19(13-26(20)12-15)21(27)24-11-14-1-6-17(7-2-14)28-18-8-4-16(23)5-9-18/h1-10,12-13H,11H2,(H,24,27). The lowest BCUT2D eigenvalue weighted by atomic mass is 10.2. The maximum atomic E-state index is 12.9. The van der Waals surface area contributed by atoms with Gasteiger partial charge >= 0.3 is 0 Å². The summed E-state index contributed by atoms with van der Waals surface area (Å²) >= 11 is 3.39. The molecule has 2 aromatic heterocycles. The van der Waals surface area contributed by atoms with Gasteiger partial charge in [-0.3, -0.25) is 4.79 Å². The second kappa shape index (κ2) is 7.82. The lowest BCUT2D eigenvalue weighted by Crippen LogP contribution is -2.23. The average Bonchev–Trinajstić information content (AvgIpc) is 3.12. The van der Waals surface area contributed by atoms with E-state index in [1.54, 1.807) is 34.9 Å². The van der Waals surface area contributed by atoms with Crippen LogP contribution in [0.5, 0.6) is 11.5 Å². The highest BCUT2D eigenvalue weighted by Crippen LogP contribution is 2.22. The number of nitrogens with one attached hydrogen (secondary N) is 1. The number of rotatable bonds is 5. The van der Waals surface area contributed by atoms with Gasteiger partial charge in [-0.25, -0.2) is 9.37 Å². The van der Waals surface area contributed by atoms with Crippen molar-refractivity contribution >= 4 is 27.5 Å². The van der Waals surface area contributed by atoms with Crippen molar-refractivity contribution in [2.45, 2.75) is 6.54 Å². The molecule has 7 heteroatoms. The molecule has 4 aromatic rings. The molecule has 0 spiro atoms. The highest BCUT2D eigenvalue weighted by Gasteiger charge is 2.10. The topological polar surface area (TPSA) is 55.6 Å². The summed E-state index contributed by atoms with van der Waals surface area (Å²) in [6.07, 6.45) is 3.54. The van der Waals surface area contributed by atoms with Crippen molar-refractivity contribution in [3.05, 3.63) is 94.6 Å². The number of benzene rings is 2. The van der Waals surface area contributed by atoms with Crippen LogP contribution in [0.3, 0.4) is 0 Å². The van der Waals surface area contributed by atoms with E-state index in [2.05, 4.69) is 26.2 Å². The zero-order chi connectivity index (χ0) is 19.5. The third-order valence-corrected chi connectivity index (χ3v) is 4.54. The normalized spacial score (nSPS) is 10.8. The van der Waals surface area contributed by atoms with E-state index in [4.69, 9.17) is 4.74 Å². The second-order valence-electron chi connectivity index (χ2n) is 6.12. The van der Waals surface area contributed by atoms with Crippen molar-refractivity contribution in [2.75, 3.05) is 0 Å². The van der Waals surface area contributed by atoms with Crippen LogP contribution in [-0.4, -0.2) is 15.3 Å². The zero-order valence-corrected chi connectivity index (χ0v) is 16.2. The third kappa shape index (κ3) is 4.20. The molecule has 0 aliphatic carbocycles. The number of carbonyl (C=O) groups excluding carboxylic acids is 1. The minimum absolute atomic E-state index is 0.244. The summed E-state index contributed by atoms with van der Waals surface area (Å²) in [5.74, 6) is 0.636. The molecular formula is C21H15BrFN3O2. The third-order valence-electron chi connectivity index (χ3n) is 4.07. The van der Waals surface area contributed by atoms with Crippen molar-refractivity contribution in [1.29, 1.82) is 0 Å². The number of hydrogen-bond donors (Lipinski definition) is 1. The Morgan fingerprint density at radius 2 is 1.68 bits per heavy atom. The van der Waals surface area contributed by atoms with Gasteiger partial charge in [0, 0.05) is 23.4 Å². The number of ether oxygens (including phenoxy) is 1. The van der Waals surface area contributed by atoms with Gasteiger partial charge in [0.2, 0.25) is 0 Å². The van der Waals surface area contributed by atoms with Gasteiger partial charge in [0.15, 0.2) is 0 Å². The lowest BCUT2D eigenvalue weighted by molar-refractivity contribution is 0.0946. The quantitative estimate of drug-likeness (QED) is 0.478. The average molecular weight is 440 g/mol. The van der Waals surface area contributed by atoms with Crippen molar-refractivity contribution in [2.24, 2.45) is 0 Å². The molecule has 0 fully saturated rings. The van der Waals surface area contributed by atoms with Crippen LogP contribution in [0.25, 0.3) is 5.65 Å². The molecule has 0 radical (unpaired) electrons. The Kier molecular flexibility index (Phi) is 5.08. The van der Waals surface area contributed by atoms with E-state index < -0.39 is 0 Å². The number of carbonyl (C=O) groups is 1. The SMILES string of the molecule is O=C(NCc1ccc(Oc2ccc(F)cc2)cc1)c1cn2cc(Br)ccc2n1. The summed E-state index contributed by atoms with van der Waals surface area (Å²) < 4.78 is 21.3. The molecule has 0 aliphatic heterocycles. The fraction of sp³-hybridized carbons (Fsp3) is 0.0476. The predicted molar refractivity (Wildman–Crippen MR) is 107 cm³/mol. The van der Waals surface area contributed by atoms with Crippen molar-refractivity contribution in [1.82, 2.24) is 14.7 Å². The van der Waals surface area contributed by atoms with Gasteiger partial charge < -0.3 is 14.5 Å². The minimum Gasteiger partial charge on any atom is -0.457 e. The molecule has 5 nitrogen and oxygen atoms in total. The summed E-state index contributed by atoms with van der Waals surface area (Å²) in [6.45, 7) is 0.368. The lowest BCUT2D eigenvalue weighted by Gasteiger charge is -2.07. The predicted octanol–water partition coefficient (Wildman–Crippen LogP) is 4.96. The molecule has 0 saturated heterocycles. The second-order valence-corrected chi connectivity index (χ2v) is 7.04. The van der Waals surface area contributed by atoms with Crippen LogP contribution in [0.4, 0.5) is 4.39 Å². The highest BCUT2D eigenvalue weighted by atomic mass is 79.9. The van der Waals surface area contributed by atoms with Crippen molar-refractivity contribution in [3.8, 4) is 11.5 Å². The van der Waals surface area contributed by atoms with Gasteiger partial charge in [-0.2, -0.15) is 0 Å². The van der Waals surface area contributed by atoms with Gasteiger partial charge in [0.25, 0.3) is 5.91 Å². The van der Waals surface area contributed by atoms with Gasteiger partial charge in [-0.15, -0.1) is 0 Å². The Balaban J connectivity index is 1.37. The van der Waals surface area contributed by atoms with Crippen LogP contribution in [-0.2, 0) is 6.54 Å². The Morgan fingerprint density at radius 3 is 2.39 bits per heavy atom. The first-order chi connectivity index (χ1) is 13.6. The number of imidazole rings is 1. The first-order valence-corrected chi connectivity index (χ1v) is 9.31. The Labute approximate surface area is 168 Å². The van der Waals surface area contributed by atoms with E-state index in [1.165, 1.54) is 12.1 Å². The Hall–Kier alpha value is -3.19. The van der Waals surface area contributed by atoms with Crippen LogP contribution >= 0.6 is 15.9 Å². The molecule has 0 unspecified atom stereocenters. The van der Waals surface area contributed by atoms with Gasteiger partial charge in [-0.1, -0.05) is 12.1 Å². The molecule has 1 amide bonds. The van der Waals surface area contributed by atoms with Crippen LogP contribution in [0, 0.1) is 5.82 Å². The molecule has 0 atom stereocenters. The number of halogens is 2. The molecule has 0 bridgehead atoms. The highest BCUT2D eigenvalue weighted by molar-refractivity contribution is 9.10. The maximum absolute atomic E-state index is 12.9. The monoisotopic (exact) mass is 439 g/mol. The van der Waals surface area contributed by atoms with E-state index in [0.29, 0.717) is 29.4 Å². The molecule has 28 heavy (non-hydrogen) atoms. The molecular weight excluding hydrogens is 425 g/mol. The fourth-order valence-corrected chi connectivity index (χ4v) is 3.01. The number of hydrogen-bond acceptors (Lipinski definition) is 3. The van der Waals surface area contributed by atoms with Gasteiger partial charge in [0.1, 0.15) is 28.7 Å². The minimum atomic E-state index is -0.309. The molecule has 0 saturated carbocycles. The van der Waals surface area contributed by atoms with Crippen LogP contribution in [0.15, 0.2) is 77.5 Å². The molecule has 2 aromatic carbocycles. The number of aromatic nitrogens is 2. The van der Waals surface area contributed by atoms with Gasteiger partial charge in [-0.05, 0) is 70.0 Å². The van der Waals surface area contributed by atoms with Crippen LogP contribution < -0.4 is 10.1 Å². The largest absolute Gasteiger partial charge is 0.457 e. The van der Waals surface area contributed by atoms with Crippen LogP contribution in [0.1, 0.15) is 16.1 Å². The number of pyridine rings is 1. The molecule has 4 rings (SSSR count). The first kappa shape index (κ1) is 18.2. The van der Waals surface area contributed by atoms with Crippen molar-refractivity contribution < 1.29 is 13.9 Å². The summed E-state index contributed by atoms with van der Waals surface area (Å²) in [6, 6.07) is 16.9. The summed E-state index contributed by atoms with van der Waals surface area (Å²) in [5, 5.41) is 2.86.